The van der Waals surface area contributed by atoms with Crippen LogP contribution in [0.5, 0.6) is 0 Å². The van der Waals surface area contributed by atoms with Gasteiger partial charge in [0.2, 0.25) is 0 Å². The van der Waals surface area contributed by atoms with E-state index < -0.39 is 0 Å². The lowest BCUT2D eigenvalue weighted by Crippen LogP contribution is -2.42. The highest BCUT2D eigenvalue weighted by molar-refractivity contribution is 14.0. The van der Waals surface area contributed by atoms with Gasteiger partial charge in [-0.2, -0.15) is 5.10 Å². The van der Waals surface area contributed by atoms with Gasteiger partial charge in [-0.15, -0.1) is 24.0 Å². The first-order chi connectivity index (χ1) is 14.2. The molecule has 2 aromatic heterocycles. The van der Waals surface area contributed by atoms with Crippen LogP contribution in [0, 0.1) is 6.92 Å². The standard InChI is InChI=1S/C22H28N6O.HI/c1-16(18-8-4-3-5-9-18)24-22(23-13-12-19-10-7-15-29-19)26-20-11-6-14-28-21(20)25-17(2)27-28;/h3-5,7-10,15-16,20H,6,11-14H2,1-2H3,(H2,23,24,26);1H. The van der Waals surface area contributed by atoms with Crippen LogP contribution in [0.25, 0.3) is 0 Å². The number of hydrogen-bond acceptors (Lipinski definition) is 4. The van der Waals surface area contributed by atoms with Crippen LogP contribution in [0.3, 0.4) is 0 Å². The number of aryl methyl sites for hydroxylation is 2. The van der Waals surface area contributed by atoms with Gasteiger partial charge in [0.05, 0.1) is 18.3 Å². The summed E-state index contributed by atoms with van der Waals surface area (Å²) in [5.74, 6) is 3.53. The Balaban J connectivity index is 0.00000256. The van der Waals surface area contributed by atoms with E-state index in [1.807, 2.05) is 29.8 Å². The van der Waals surface area contributed by atoms with Crippen LogP contribution in [-0.4, -0.2) is 27.3 Å². The van der Waals surface area contributed by atoms with E-state index in [2.05, 4.69) is 51.9 Å². The van der Waals surface area contributed by atoms with Crippen molar-refractivity contribution in [3.05, 3.63) is 71.7 Å². The zero-order valence-corrected chi connectivity index (χ0v) is 19.7. The maximum Gasteiger partial charge on any atom is 0.192 e. The molecule has 2 atom stereocenters. The Morgan fingerprint density at radius 2 is 2.10 bits per heavy atom. The average molecular weight is 520 g/mol. The van der Waals surface area contributed by atoms with Crippen LogP contribution in [-0.2, 0) is 13.0 Å². The number of rotatable bonds is 6. The van der Waals surface area contributed by atoms with Crippen molar-refractivity contribution in [1.29, 1.82) is 0 Å². The van der Waals surface area contributed by atoms with Gasteiger partial charge in [-0.25, -0.2) is 9.67 Å². The van der Waals surface area contributed by atoms with Gasteiger partial charge in [0.15, 0.2) is 5.96 Å². The average Bonchev–Trinajstić information content (AvgIpc) is 3.38. The highest BCUT2D eigenvalue weighted by Crippen LogP contribution is 2.23. The van der Waals surface area contributed by atoms with E-state index in [0.717, 1.165) is 49.2 Å². The Kier molecular flexibility index (Phi) is 7.89. The lowest BCUT2D eigenvalue weighted by Gasteiger charge is -2.26. The van der Waals surface area contributed by atoms with Crippen molar-refractivity contribution in [2.75, 3.05) is 6.54 Å². The molecule has 3 aromatic rings. The minimum Gasteiger partial charge on any atom is -0.469 e. The molecule has 30 heavy (non-hydrogen) atoms. The molecule has 0 spiro atoms. The van der Waals surface area contributed by atoms with Crippen molar-refractivity contribution in [2.45, 2.75) is 51.7 Å². The molecule has 1 aliphatic rings. The van der Waals surface area contributed by atoms with E-state index in [1.165, 1.54) is 5.56 Å². The third kappa shape index (κ3) is 5.62. The van der Waals surface area contributed by atoms with Crippen molar-refractivity contribution in [3.63, 3.8) is 0 Å². The van der Waals surface area contributed by atoms with Crippen molar-refractivity contribution >= 4 is 29.9 Å². The van der Waals surface area contributed by atoms with Crippen molar-refractivity contribution < 1.29 is 4.42 Å². The monoisotopic (exact) mass is 520 g/mol. The van der Waals surface area contributed by atoms with Gasteiger partial charge in [0.1, 0.15) is 17.4 Å². The Morgan fingerprint density at radius 3 is 2.87 bits per heavy atom. The fraction of sp³-hybridized carbons (Fsp3) is 0.409. The maximum atomic E-state index is 5.43. The van der Waals surface area contributed by atoms with Crippen molar-refractivity contribution in [3.8, 4) is 0 Å². The van der Waals surface area contributed by atoms with Gasteiger partial charge >= 0.3 is 0 Å². The number of guanidine groups is 1. The quantitative estimate of drug-likeness (QED) is 0.290. The number of fused-ring (bicyclic) bond motifs is 1. The lowest BCUT2D eigenvalue weighted by molar-refractivity contribution is 0.396. The van der Waals surface area contributed by atoms with E-state index in [9.17, 15) is 0 Å². The third-order valence-corrected chi connectivity index (χ3v) is 5.15. The van der Waals surface area contributed by atoms with Gasteiger partial charge in [-0.05, 0) is 44.4 Å². The van der Waals surface area contributed by atoms with Crippen molar-refractivity contribution in [1.82, 2.24) is 25.4 Å². The van der Waals surface area contributed by atoms with E-state index in [0.29, 0.717) is 6.54 Å². The molecule has 0 bridgehead atoms. The zero-order valence-electron chi connectivity index (χ0n) is 17.4. The lowest BCUT2D eigenvalue weighted by atomic mass is 10.1. The molecular formula is C22H29IN6O. The van der Waals surface area contributed by atoms with Crippen LogP contribution in [0.4, 0.5) is 0 Å². The number of halogens is 1. The first kappa shape index (κ1) is 22.3. The largest absolute Gasteiger partial charge is 0.469 e. The Morgan fingerprint density at radius 1 is 1.27 bits per heavy atom. The molecular weight excluding hydrogens is 491 g/mol. The molecule has 2 N–H and O–H groups in total. The van der Waals surface area contributed by atoms with Gasteiger partial charge in [0, 0.05) is 19.5 Å². The number of nitrogens with zero attached hydrogens (tertiary/aromatic N) is 4. The predicted molar refractivity (Wildman–Crippen MR) is 128 cm³/mol. The first-order valence-electron chi connectivity index (χ1n) is 10.3. The first-order valence-corrected chi connectivity index (χ1v) is 10.3. The fourth-order valence-electron chi connectivity index (χ4n) is 3.67. The molecule has 0 saturated heterocycles. The number of furan rings is 1. The van der Waals surface area contributed by atoms with Crippen LogP contribution >= 0.6 is 24.0 Å². The molecule has 0 aliphatic carbocycles. The van der Waals surface area contributed by atoms with Gasteiger partial charge < -0.3 is 15.1 Å². The fourth-order valence-corrected chi connectivity index (χ4v) is 3.67. The molecule has 1 aromatic carbocycles. The summed E-state index contributed by atoms with van der Waals surface area (Å²) < 4.78 is 7.44. The smallest absolute Gasteiger partial charge is 0.192 e. The third-order valence-electron chi connectivity index (χ3n) is 5.15. The summed E-state index contributed by atoms with van der Waals surface area (Å²) in [6.07, 6.45) is 4.54. The molecule has 4 rings (SSSR count). The maximum absolute atomic E-state index is 5.43. The minimum absolute atomic E-state index is 0. The summed E-state index contributed by atoms with van der Waals surface area (Å²) in [6.45, 7) is 5.65. The van der Waals surface area contributed by atoms with E-state index in [4.69, 9.17) is 9.41 Å². The topological polar surface area (TPSA) is 80.3 Å². The second-order valence-corrected chi connectivity index (χ2v) is 7.42. The molecule has 2 unspecified atom stereocenters. The van der Waals surface area contributed by atoms with Crippen LogP contribution in [0.15, 0.2) is 58.1 Å². The number of nitrogens with one attached hydrogen (secondary N) is 2. The molecule has 8 heteroatoms. The predicted octanol–water partition coefficient (Wildman–Crippen LogP) is 4.17. The molecule has 0 amide bonds. The molecule has 3 heterocycles. The highest BCUT2D eigenvalue weighted by atomic mass is 127. The summed E-state index contributed by atoms with van der Waals surface area (Å²) in [5.41, 5.74) is 1.22. The van der Waals surface area contributed by atoms with Crippen LogP contribution < -0.4 is 10.6 Å². The van der Waals surface area contributed by atoms with Crippen molar-refractivity contribution in [2.24, 2.45) is 4.99 Å². The number of aromatic nitrogens is 3. The summed E-state index contributed by atoms with van der Waals surface area (Å²) in [5, 5.41) is 11.6. The molecule has 0 radical (unpaired) electrons. The van der Waals surface area contributed by atoms with Gasteiger partial charge in [0.25, 0.3) is 0 Å². The Bertz CT molecular complexity index is 938. The molecule has 7 nitrogen and oxygen atoms in total. The summed E-state index contributed by atoms with van der Waals surface area (Å²) in [7, 11) is 0. The van der Waals surface area contributed by atoms with E-state index >= 15 is 0 Å². The molecule has 160 valence electrons. The van der Waals surface area contributed by atoms with Gasteiger partial charge in [-0.1, -0.05) is 30.3 Å². The summed E-state index contributed by atoms with van der Waals surface area (Å²) in [4.78, 5) is 9.45. The van der Waals surface area contributed by atoms with Crippen LogP contribution in [0.1, 0.15) is 54.8 Å². The molecule has 0 saturated carbocycles. The number of benzene rings is 1. The zero-order chi connectivity index (χ0) is 20.1. The Hall–Kier alpha value is -2.36. The van der Waals surface area contributed by atoms with E-state index in [1.54, 1.807) is 6.26 Å². The number of aliphatic imine (C=N–C) groups is 1. The molecule has 0 fully saturated rings. The Labute approximate surface area is 194 Å². The van der Waals surface area contributed by atoms with Crippen LogP contribution in [0.2, 0.25) is 0 Å². The van der Waals surface area contributed by atoms with E-state index in [-0.39, 0.29) is 36.1 Å². The van der Waals surface area contributed by atoms with Gasteiger partial charge in [-0.3, -0.25) is 4.99 Å². The summed E-state index contributed by atoms with van der Waals surface area (Å²) in [6, 6.07) is 14.5. The summed E-state index contributed by atoms with van der Waals surface area (Å²) >= 11 is 0. The minimum atomic E-state index is 0. The highest BCUT2D eigenvalue weighted by Gasteiger charge is 2.25. The second-order valence-electron chi connectivity index (χ2n) is 7.42. The molecule has 1 aliphatic heterocycles. The number of hydrogen-bond donors (Lipinski definition) is 2. The normalized spacial score (nSPS) is 17.0. The second kappa shape index (κ2) is 10.6. The SMILES string of the molecule is Cc1nc2n(n1)CCCC2NC(=NCCc1ccco1)NC(C)c1ccccc1.I.